The number of hydrogen-bond acceptors (Lipinski definition) is 5. The molecule has 0 aliphatic heterocycles. The maximum atomic E-state index is 13.1. The van der Waals surface area contributed by atoms with E-state index in [0.717, 1.165) is 5.56 Å². The van der Waals surface area contributed by atoms with E-state index in [-0.39, 0.29) is 16.8 Å². The molecule has 0 saturated heterocycles. The van der Waals surface area contributed by atoms with Crippen LogP contribution in [0.2, 0.25) is 0 Å². The van der Waals surface area contributed by atoms with Crippen LogP contribution in [-0.4, -0.2) is 33.9 Å². The molecule has 25 heavy (non-hydrogen) atoms. The van der Waals surface area contributed by atoms with Crippen molar-refractivity contribution in [1.29, 1.82) is 0 Å². The van der Waals surface area contributed by atoms with Crippen LogP contribution in [0.15, 0.2) is 51.9 Å². The molecule has 0 spiro atoms. The Morgan fingerprint density at radius 3 is 2.52 bits per heavy atom. The molecule has 0 aliphatic rings. The first-order valence-electron chi connectivity index (χ1n) is 7.92. The molecule has 0 saturated carbocycles. The zero-order chi connectivity index (χ0) is 18.0. The highest BCUT2D eigenvalue weighted by Gasteiger charge is 2.28. The van der Waals surface area contributed by atoms with E-state index in [9.17, 15) is 8.42 Å². The lowest BCUT2D eigenvalue weighted by Gasteiger charge is -2.25. The average molecular weight is 360 g/mol. The number of H-pyrrole nitrogens is 1. The highest BCUT2D eigenvalue weighted by molar-refractivity contribution is 7.89. The summed E-state index contributed by atoms with van der Waals surface area (Å²) in [7, 11) is -3.67. The highest BCUT2D eigenvalue weighted by Crippen LogP contribution is 2.25. The molecule has 2 heterocycles. The predicted octanol–water partition coefficient (Wildman–Crippen LogP) is 2.97. The van der Waals surface area contributed by atoms with Gasteiger partial charge in [0.15, 0.2) is 0 Å². The Labute approximate surface area is 146 Å². The third-order valence-corrected chi connectivity index (χ3v) is 5.78. The second-order valence-corrected chi connectivity index (χ2v) is 7.90. The van der Waals surface area contributed by atoms with Gasteiger partial charge in [-0.1, -0.05) is 30.3 Å². The number of rotatable bonds is 6. The van der Waals surface area contributed by atoms with Gasteiger partial charge < -0.3 is 9.40 Å². The fourth-order valence-corrected chi connectivity index (χ4v) is 4.12. The van der Waals surface area contributed by atoms with E-state index < -0.39 is 10.0 Å². The molecule has 3 aromatic rings. The molecule has 0 fully saturated rings. The molecule has 0 amide bonds. The Bertz CT molecular complexity index is 945. The van der Waals surface area contributed by atoms with Crippen LogP contribution >= 0.6 is 0 Å². The fourth-order valence-electron chi connectivity index (χ4n) is 2.50. The Kier molecular flexibility index (Phi) is 4.73. The predicted molar refractivity (Wildman–Crippen MR) is 93.1 cm³/mol. The van der Waals surface area contributed by atoms with Crippen LogP contribution in [0.4, 0.5) is 0 Å². The molecule has 2 aromatic heterocycles. The van der Waals surface area contributed by atoms with Crippen molar-refractivity contribution in [3.63, 3.8) is 0 Å². The minimum absolute atomic E-state index is 0.169. The Morgan fingerprint density at radius 1 is 1.20 bits per heavy atom. The molecular formula is C17H20N4O3S. The zero-order valence-corrected chi connectivity index (χ0v) is 15.1. The molecule has 0 atom stereocenters. The third kappa shape index (κ3) is 3.64. The van der Waals surface area contributed by atoms with E-state index in [4.69, 9.17) is 4.42 Å². The van der Waals surface area contributed by atoms with E-state index in [1.165, 1.54) is 16.6 Å². The van der Waals surface area contributed by atoms with Gasteiger partial charge in [0, 0.05) is 25.7 Å². The van der Waals surface area contributed by atoms with Crippen LogP contribution in [0, 0.1) is 6.92 Å². The molecule has 1 N–H and O–H groups in total. The molecule has 0 bridgehead atoms. The monoisotopic (exact) mass is 360 g/mol. The SMILES string of the molecule is Cc1nnc(-c2cc(S(=O)(=O)N(Cc3ccccc3)C(C)C)c[nH]2)o1. The highest BCUT2D eigenvalue weighted by atomic mass is 32.2. The van der Waals surface area contributed by atoms with Crippen molar-refractivity contribution in [2.45, 2.75) is 38.3 Å². The van der Waals surface area contributed by atoms with Crippen LogP contribution in [0.3, 0.4) is 0 Å². The fraction of sp³-hybridized carbons (Fsp3) is 0.294. The van der Waals surface area contributed by atoms with Crippen LogP contribution in [0.25, 0.3) is 11.6 Å². The zero-order valence-electron chi connectivity index (χ0n) is 14.3. The quantitative estimate of drug-likeness (QED) is 0.729. The van der Waals surface area contributed by atoms with Crippen LogP contribution in [0.1, 0.15) is 25.3 Å². The molecule has 1 aromatic carbocycles. The lowest BCUT2D eigenvalue weighted by Crippen LogP contribution is -2.36. The standard InChI is InChI=1S/C17H20N4O3S/c1-12(2)21(11-14-7-5-4-6-8-14)25(22,23)15-9-16(18-10-15)17-20-19-13(3)24-17/h4-10,12,18H,11H2,1-3H3. The molecule has 3 rings (SSSR count). The van der Waals surface area contributed by atoms with Gasteiger partial charge in [-0.05, 0) is 25.5 Å². The summed E-state index contributed by atoms with van der Waals surface area (Å²) in [5.74, 6) is 0.681. The maximum absolute atomic E-state index is 13.1. The molecule has 8 heteroatoms. The van der Waals surface area contributed by atoms with Crippen LogP contribution in [0.5, 0.6) is 0 Å². The Hall–Kier alpha value is -2.45. The van der Waals surface area contributed by atoms with Crippen molar-refractivity contribution >= 4 is 10.0 Å². The van der Waals surface area contributed by atoms with Crippen molar-refractivity contribution < 1.29 is 12.8 Å². The largest absolute Gasteiger partial charge is 0.420 e. The first kappa shape index (κ1) is 17.4. The molecule has 0 radical (unpaired) electrons. The van der Waals surface area contributed by atoms with Gasteiger partial charge in [-0.15, -0.1) is 10.2 Å². The number of hydrogen-bond donors (Lipinski definition) is 1. The first-order chi connectivity index (χ1) is 11.9. The van der Waals surface area contributed by atoms with Gasteiger partial charge in [0.1, 0.15) is 10.6 Å². The van der Waals surface area contributed by atoms with E-state index >= 15 is 0 Å². The number of sulfonamides is 1. The minimum atomic E-state index is -3.67. The smallest absolute Gasteiger partial charge is 0.264 e. The number of aromatic amines is 1. The summed E-state index contributed by atoms with van der Waals surface area (Å²) in [6.45, 7) is 5.70. The van der Waals surface area contributed by atoms with E-state index in [2.05, 4.69) is 15.2 Å². The summed E-state index contributed by atoms with van der Waals surface area (Å²) in [4.78, 5) is 3.07. The van der Waals surface area contributed by atoms with E-state index in [0.29, 0.717) is 18.1 Å². The van der Waals surface area contributed by atoms with Crippen molar-refractivity contribution in [2.24, 2.45) is 0 Å². The van der Waals surface area contributed by atoms with Crippen molar-refractivity contribution in [1.82, 2.24) is 19.5 Å². The minimum Gasteiger partial charge on any atom is -0.420 e. The van der Waals surface area contributed by atoms with Crippen molar-refractivity contribution in [2.75, 3.05) is 0 Å². The van der Waals surface area contributed by atoms with E-state index in [1.807, 2.05) is 44.2 Å². The summed E-state index contributed by atoms with van der Waals surface area (Å²) >= 11 is 0. The van der Waals surface area contributed by atoms with E-state index in [1.54, 1.807) is 6.92 Å². The lowest BCUT2D eigenvalue weighted by atomic mass is 10.2. The summed E-state index contributed by atoms with van der Waals surface area (Å²) in [6.07, 6.45) is 1.45. The summed E-state index contributed by atoms with van der Waals surface area (Å²) in [5, 5.41) is 7.66. The lowest BCUT2D eigenvalue weighted by molar-refractivity contribution is 0.348. The summed E-state index contributed by atoms with van der Waals surface area (Å²) in [6, 6.07) is 10.8. The third-order valence-electron chi connectivity index (χ3n) is 3.78. The van der Waals surface area contributed by atoms with Crippen molar-refractivity contribution in [3.8, 4) is 11.6 Å². The van der Waals surface area contributed by atoms with Crippen molar-refractivity contribution in [3.05, 3.63) is 54.0 Å². The number of nitrogens with one attached hydrogen (secondary N) is 1. The van der Waals surface area contributed by atoms with Gasteiger partial charge in [0.25, 0.3) is 5.89 Å². The molecular weight excluding hydrogens is 340 g/mol. The van der Waals surface area contributed by atoms with Gasteiger partial charge in [-0.25, -0.2) is 8.42 Å². The summed E-state index contributed by atoms with van der Waals surface area (Å²) in [5.41, 5.74) is 1.41. The number of aryl methyl sites for hydroxylation is 1. The number of benzene rings is 1. The van der Waals surface area contributed by atoms with Crippen LogP contribution < -0.4 is 0 Å². The number of aromatic nitrogens is 3. The van der Waals surface area contributed by atoms with Gasteiger partial charge in [-0.2, -0.15) is 4.31 Å². The van der Waals surface area contributed by atoms with Crippen LogP contribution in [-0.2, 0) is 16.6 Å². The molecule has 0 unspecified atom stereocenters. The topological polar surface area (TPSA) is 92.1 Å². The van der Waals surface area contributed by atoms with Gasteiger partial charge in [0.05, 0.1) is 0 Å². The Morgan fingerprint density at radius 2 is 1.92 bits per heavy atom. The second kappa shape index (κ2) is 6.81. The second-order valence-electron chi connectivity index (χ2n) is 6.00. The molecule has 7 nitrogen and oxygen atoms in total. The number of nitrogens with zero attached hydrogens (tertiary/aromatic N) is 3. The maximum Gasteiger partial charge on any atom is 0.264 e. The first-order valence-corrected chi connectivity index (χ1v) is 9.36. The Balaban J connectivity index is 1.92. The average Bonchev–Trinajstić information content (AvgIpc) is 3.22. The van der Waals surface area contributed by atoms with Gasteiger partial charge in [0.2, 0.25) is 15.9 Å². The normalized spacial score (nSPS) is 12.2. The molecule has 0 aliphatic carbocycles. The van der Waals surface area contributed by atoms with Gasteiger partial charge in [-0.3, -0.25) is 0 Å². The van der Waals surface area contributed by atoms with Gasteiger partial charge >= 0.3 is 0 Å². The molecule has 132 valence electrons. The summed E-state index contributed by atoms with van der Waals surface area (Å²) < 4.78 is 32.9.